The molecule has 5 aromatic carbocycles. The molecule has 1 nitrogen and oxygen atoms in total. The van der Waals surface area contributed by atoms with E-state index < -0.39 is 0 Å². The van der Waals surface area contributed by atoms with E-state index in [1.165, 1.54) is 71.1 Å². The highest BCUT2D eigenvalue weighted by Gasteiger charge is 2.42. The summed E-state index contributed by atoms with van der Waals surface area (Å²) in [5, 5.41) is 2.61. The Morgan fingerprint density at radius 2 is 1.08 bits per heavy atom. The van der Waals surface area contributed by atoms with Crippen molar-refractivity contribution >= 4 is 27.8 Å². The highest BCUT2D eigenvalue weighted by atomic mass is 15.1. The monoisotopic (exact) mass is 491 g/mol. The number of para-hydroxylation sites is 2. The maximum absolute atomic E-state index is 2.59. The van der Waals surface area contributed by atoms with Gasteiger partial charge in [0.1, 0.15) is 0 Å². The van der Waals surface area contributed by atoms with Crippen molar-refractivity contribution in [3.05, 3.63) is 126 Å². The largest absolute Gasteiger partial charge is 0.310 e. The lowest BCUT2D eigenvalue weighted by Crippen LogP contribution is -2.25. The van der Waals surface area contributed by atoms with Crippen LogP contribution in [0.3, 0.4) is 0 Å². The molecule has 5 aromatic rings. The number of nitrogens with zero attached hydrogens (tertiary/aromatic N) is 1. The van der Waals surface area contributed by atoms with Crippen LogP contribution in [0.1, 0.15) is 55.1 Å². The van der Waals surface area contributed by atoms with E-state index in [0.29, 0.717) is 0 Å². The van der Waals surface area contributed by atoms with Crippen molar-refractivity contribution in [2.24, 2.45) is 11.8 Å². The molecule has 0 aromatic heterocycles. The summed E-state index contributed by atoms with van der Waals surface area (Å²) >= 11 is 0. The van der Waals surface area contributed by atoms with Crippen molar-refractivity contribution in [1.82, 2.24) is 0 Å². The predicted octanol–water partition coefficient (Wildman–Crippen LogP) is 10.4. The standard InChI is InChI=1S/C37H33N/c1-3-10-31(11-4-1)38(32-12-5-2-6-13-32)33-22-27-9-7-8-14-34(27)37(24-33)28-15-16-35-29-18-25-17-26(19-29)21-30(20-25)36(35)23-28/h1-16,22-26,29-30H,17-21H2. The van der Waals surface area contributed by atoms with Crippen LogP contribution < -0.4 is 4.90 Å². The van der Waals surface area contributed by atoms with Crippen molar-refractivity contribution in [2.45, 2.75) is 43.9 Å². The average molecular weight is 492 g/mol. The summed E-state index contributed by atoms with van der Waals surface area (Å²) in [7, 11) is 0. The lowest BCUT2D eigenvalue weighted by molar-refractivity contribution is 0.166. The van der Waals surface area contributed by atoms with Crippen molar-refractivity contribution in [1.29, 1.82) is 0 Å². The van der Waals surface area contributed by atoms with Crippen molar-refractivity contribution in [3.8, 4) is 11.1 Å². The SMILES string of the molecule is c1ccc(N(c2ccccc2)c2cc(-c3ccc4c(c3)C3CC5CC(CC4C5)C3)c3ccccc3c2)cc1. The normalized spacial score (nSPS) is 23.3. The summed E-state index contributed by atoms with van der Waals surface area (Å²) in [6.07, 6.45) is 7.12. The molecule has 9 rings (SSSR count). The van der Waals surface area contributed by atoms with Gasteiger partial charge >= 0.3 is 0 Å². The fraction of sp³-hybridized carbons (Fsp3) is 0.243. The van der Waals surface area contributed by atoms with Gasteiger partial charge in [-0.1, -0.05) is 78.9 Å². The Kier molecular flexibility index (Phi) is 5.18. The van der Waals surface area contributed by atoms with E-state index in [4.69, 9.17) is 0 Å². The molecule has 186 valence electrons. The fourth-order valence-corrected chi connectivity index (χ4v) is 8.09. The molecule has 0 amide bonds. The van der Waals surface area contributed by atoms with E-state index in [-0.39, 0.29) is 0 Å². The van der Waals surface area contributed by atoms with E-state index >= 15 is 0 Å². The Labute approximate surface area is 225 Å². The Hall–Kier alpha value is -3.84. The molecule has 38 heavy (non-hydrogen) atoms. The predicted molar refractivity (Wildman–Crippen MR) is 160 cm³/mol. The van der Waals surface area contributed by atoms with Gasteiger partial charge in [-0.3, -0.25) is 0 Å². The third kappa shape index (κ3) is 3.68. The minimum absolute atomic E-state index is 0.751. The topological polar surface area (TPSA) is 3.24 Å². The molecule has 0 N–H and O–H groups in total. The molecule has 2 fully saturated rings. The minimum atomic E-state index is 0.751. The first-order chi connectivity index (χ1) is 18.8. The lowest BCUT2D eigenvalue weighted by atomic mass is 9.67. The molecule has 0 heterocycles. The molecule has 0 saturated heterocycles. The van der Waals surface area contributed by atoms with Gasteiger partial charge in [0, 0.05) is 17.1 Å². The molecular weight excluding hydrogens is 458 g/mol. The molecule has 4 aliphatic carbocycles. The Morgan fingerprint density at radius 3 is 1.76 bits per heavy atom. The highest BCUT2D eigenvalue weighted by Crippen LogP contribution is 2.56. The molecule has 0 aliphatic heterocycles. The summed E-state index contributed by atoms with van der Waals surface area (Å²) in [5.74, 6) is 3.43. The highest BCUT2D eigenvalue weighted by molar-refractivity contribution is 6.01. The van der Waals surface area contributed by atoms with Crippen molar-refractivity contribution in [3.63, 3.8) is 0 Å². The van der Waals surface area contributed by atoms with Crippen LogP contribution in [-0.4, -0.2) is 0 Å². The molecule has 2 saturated carbocycles. The molecule has 0 spiro atoms. The van der Waals surface area contributed by atoms with Crippen molar-refractivity contribution < 1.29 is 0 Å². The maximum atomic E-state index is 2.59. The van der Waals surface area contributed by atoms with Gasteiger partial charge in [-0.15, -0.1) is 0 Å². The van der Waals surface area contributed by atoms with E-state index in [2.05, 4.69) is 120 Å². The Balaban J connectivity index is 1.32. The van der Waals surface area contributed by atoms with E-state index in [1.54, 1.807) is 11.1 Å². The summed E-state index contributed by atoms with van der Waals surface area (Å²) in [6, 6.07) is 42.7. The van der Waals surface area contributed by atoms with Gasteiger partial charge in [-0.2, -0.15) is 0 Å². The molecule has 0 radical (unpaired) electrons. The van der Waals surface area contributed by atoms with Gasteiger partial charge in [-0.05, 0) is 125 Å². The van der Waals surface area contributed by atoms with Gasteiger partial charge in [0.2, 0.25) is 0 Å². The smallest absolute Gasteiger partial charge is 0.0474 e. The third-order valence-electron chi connectivity index (χ3n) is 9.55. The number of anilines is 3. The summed E-state index contributed by atoms with van der Waals surface area (Å²) in [4.78, 5) is 2.39. The molecular formula is C37H33N. The van der Waals surface area contributed by atoms with Gasteiger partial charge in [0.15, 0.2) is 0 Å². The van der Waals surface area contributed by atoms with Gasteiger partial charge in [0.05, 0.1) is 0 Å². The number of fused-ring (bicyclic) bond motifs is 1. The molecule has 2 atom stereocenters. The average Bonchev–Trinajstić information content (AvgIpc) is 3.13. The van der Waals surface area contributed by atoms with Crippen LogP contribution in [0, 0.1) is 11.8 Å². The zero-order valence-corrected chi connectivity index (χ0v) is 21.8. The van der Waals surface area contributed by atoms with Crippen LogP contribution in [0.15, 0.2) is 115 Å². The number of hydrogen-bond donors (Lipinski definition) is 0. The van der Waals surface area contributed by atoms with Gasteiger partial charge in [0.25, 0.3) is 0 Å². The molecule has 4 aliphatic rings. The van der Waals surface area contributed by atoms with E-state index in [0.717, 1.165) is 23.7 Å². The van der Waals surface area contributed by atoms with Crippen LogP contribution in [-0.2, 0) is 0 Å². The second kappa shape index (κ2) is 8.88. The molecule has 4 bridgehead atoms. The number of benzene rings is 5. The number of rotatable bonds is 4. The summed E-state index contributed by atoms with van der Waals surface area (Å²) < 4.78 is 0. The minimum Gasteiger partial charge on any atom is -0.310 e. The first-order valence-electron chi connectivity index (χ1n) is 14.4. The van der Waals surface area contributed by atoms with E-state index in [9.17, 15) is 0 Å². The Bertz CT molecular complexity index is 1570. The second-order valence-electron chi connectivity index (χ2n) is 11.9. The fourth-order valence-electron chi connectivity index (χ4n) is 8.09. The molecule has 1 heteroatoms. The van der Waals surface area contributed by atoms with Crippen LogP contribution >= 0.6 is 0 Å². The quantitative estimate of drug-likeness (QED) is 0.242. The first-order valence-corrected chi connectivity index (χ1v) is 14.4. The third-order valence-corrected chi connectivity index (χ3v) is 9.55. The van der Waals surface area contributed by atoms with E-state index in [1.807, 2.05) is 0 Å². The van der Waals surface area contributed by atoms with Crippen LogP contribution in [0.4, 0.5) is 17.1 Å². The lowest BCUT2D eigenvalue weighted by Gasteiger charge is -2.38. The zero-order chi connectivity index (χ0) is 25.1. The Morgan fingerprint density at radius 1 is 0.474 bits per heavy atom. The zero-order valence-electron chi connectivity index (χ0n) is 21.8. The maximum Gasteiger partial charge on any atom is 0.0474 e. The molecule has 2 unspecified atom stereocenters. The summed E-state index contributed by atoms with van der Waals surface area (Å²) in [5.41, 5.74) is 9.58. The first kappa shape index (κ1) is 22.2. The van der Waals surface area contributed by atoms with Gasteiger partial charge in [-0.25, -0.2) is 0 Å². The van der Waals surface area contributed by atoms with Crippen LogP contribution in [0.25, 0.3) is 21.9 Å². The number of hydrogen-bond acceptors (Lipinski definition) is 1. The summed E-state index contributed by atoms with van der Waals surface area (Å²) in [6.45, 7) is 0. The van der Waals surface area contributed by atoms with Gasteiger partial charge < -0.3 is 4.90 Å². The second-order valence-corrected chi connectivity index (χ2v) is 11.9. The van der Waals surface area contributed by atoms with Crippen LogP contribution in [0.2, 0.25) is 0 Å². The van der Waals surface area contributed by atoms with Crippen molar-refractivity contribution in [2.75, 3.05) is 4.90 Å². The van der Waals surface area contributed by atoms with Crippen LogP contribution in [0.5, 0.6) is 0 Å².